The van der Waals surface area contributed by atoms with E-state index in [1.165, 1.54) is 19.3 Å². The number of nitrogens with zero attached hydrogens (tertiary/aromatic N) is 1. The molecule has 0 unspecified atom stereocenters. The smallest absolute Gasteiger partial charge is 0.408 e. The number of methoxy groups -OCH3 is 1. The zero-order valence-electron chi connectivity index (χ0n) is 11.8. The Morgan fingerprint density at radius 2 is 2.09 bits per heavy atom. The highest BCUT2D eigenvalue weighted by Gasteiger charge is 2.37. The van der Waals surface area contributed by atoms with Crippen LogP contribution in [0.25, 0.3) is 0 Å². The highest BCUT2D eigenvalue weighted by molar-refractivity contribution is 5.82. The van der Waals surface area contributed by atoms with Gasteiger partial charge in [0, 0.05) is 17.7 Å². The first-order valence-electron chi connectivity index (χ1n) is 6.66. The summed E-state index contributed by atoms with van der Waals surface area (Å²) in [6.45, 7) is 0. The maximum absolute atomic E-state index is 13.9. The van der Waals surface area contributed by atoms with Crippen LogP contribution in [0.15, 0.2) is 30.4 Å². The van der Waals surface area contributed by atoms with Crippen molar-refractivity contribution < 1.29 is 28.2 Å². The first kappa shape index (κ1) is 15.9. The van der Waals surface area contributed by atoms with E-state index in [1.54, 1.807) is 0 Å². The van der Waals surface area contributed by atoms with Crippen molar-refractivity contribution in [2.45, 2.75) is 24.9 Å². The minimum atomic E-state index is -1.23. The zero-order chi connectivity index (χ0) is 16.3. The zero-order valence-corrected chi connectivity index (χ0v) is 11.8. The van der Waals surface area contributed by atoms with E-state index in [0.29, 0.717) is 12.8 Å². The summed E-state index contributed by atoms with van der Waals surface area (Å²) in [6.07, 6.45) is 2.14. The molecule has 2 rings (SSSR count). The average Bonchev–Trinajstić information content (AvgIpc) is 2.88. The summed E-state index contributed by atoms with van der Waals surface area (Å²) in [6, 6.07) is 1.79. The molecule has 0 spiro atoms. The van der Waals surface area contributed by atoms with Crippen LogP contribution in [0.3, 0.4) is 0 Å². The molecule has 0 bridgehead atoms. The quantitative estimate of drug-likeness (QED) is 0.688. The van der Waals surface area contributed by atoms with Crippen LogP contribution in [0, 0.1) is 11.6 Å². The summed E-state index contributed by atoms with van der Waals surface area (Å²) in [4.78, 5) is 23.6. The molecule has 0 radical (unpaired) electrons. The number of carbonyl (C=O) groups is 2. The third-order valence-electron chi connectivity index (χ3n) is 3.63. The normalized spacial score (nSPS) is 21.3. The number of hydrogen-bond donors (Lipinski definition) is 1. The second kappa shape index (κ2) is 6.55. The second-order valence-electron chi connectivity index (χ2n) is 4.90. The van der Waals surface area contributed by atoms with Crippen LogP contribution in [0.5, 0.6) is 0 Å². The van der Waals surface area contributed by atoms with E-state index in [0.717, 1.165) is 23.1 Å². The highest BCUT2D eigenvalue weighted by atomic mass is 19.1. The van der Waals surface area contributed by atoms with E-state index in [2.05, 4.69) is 4.74 Å². The topological polar surface area (TPSA) is 66.8 Å². The lowest BCUT2D eigenvalue weighted by atomic mass is 10.0. The molecular formula is C15H15F2NO4. The third kappa shape index (κ3) is 3.24. The van der Waals surface area contributed by atoms with E-state index in [1.807, 2.05) is 0 Å². The fraction of sp³-hybridized carbons (Fsp3) is 0.333. The lowest BCUT2D eigenvalue weighted by molar-refractivity contribution is -0.134. The number of ether oxygens (including phenoxy) is 1. The van der Waals surface area contributed by atoms with Crippen LogP contribution in [0.4, 0.5) is 13.6 Å². The minimum absolute atomic E-state index is 0.123. The Kier molecular flexibility index (Phi) is 4.75. The van der Waals surface area contributed by atoms with Crippen LogP contribution in [0.1, 0.15) is 24.4 Å². The monoisotopic (exact) mass is 311 g/mol. The maximum Gasteiger partial charge on any atom is 0.408 e. The van der Waals surface area contributed by atoms with E-state index in [9.17, 15) is 23.5 Å². The fourth-order valence-corrected chi connectivity index (χ4v) is 2.64. The molecule has 1 fully saturated rings. The lowest BCUT2D eigenvalue weighted by Crippen LogP contribution is -2.35. The first-order valence-corrected chi connectivity index (χ1v) is 6.66. The Morgan fingerprint density at radius 3 is 2.68 bits per heavy atom. The van der Waals surface area contributed by atoms with E-state index in [-0.39, 0.29) is 5.56 Å². The maximum atomic E-state index is 13.9. The molecule has 1 aromatic carbocycles. The molecular weight excluding hydrogens is 296 g/mol. The number of carbonyl (C=O) groups excluding carboxylic acids is 1. The minimum Gasteiger partial charge on any atom is -0.466 e. The van der Waals surface area contributed by atoms with Crippen LogP contribution in [-0.4, -0.2) is 35.2 Å². The Hall–Kier alpha value is -2.44. The van der Waals surface area contributed by atoms with Crippen LogP contribution < -0.4 is 0 Å². The van der Waals surface area contributed by atoms with Gasteiger partial charge in [-0.15, -0.1) is 0 Å². The molecule has 1 amide bonds. The summed E-state index contributed by atoms with van der Waals surface area (Å²) >= 11 is 0. The SMILES string of the molecule is COC(=O)/C=C/[C@H]1CC[C@@H](c2ccc(F)cc2F)N1C(=O)O. The van der Waals surface area contributed by atoms with Gasteiger partial charge in [-0.3, -0.25) is 4.90 Å². The molecule has 7 heteroatoms. The molecule has 0 saturated carbocycles. The van der Waals surface area contributed by atoms with Gasteiger partial charge in [0.15, 0.2) is 0 Å². The van der Waals surface area contributed by atoms with Gasteiger partial charge in [0.1, 0.15) is 11.6 Å². The van der Waals surface area contributed by atoms with Crippen molar-refractivity contribution in [2.75, 3.05) is 7.11 Å². The number of esters is 1. The molecule has 1 aliphatic rings. The van der Waals surface area contributed by atoms with Crippen molar-refractivity contribution in [3.63, 3.8) is 0 Å². The lowest BCUT2D eigenvalue weighted by Gasteiger charge is -2.26. The van der Waals surface area contributed by atoms with Crippen molar-refractivity contribution in [1.82, 2.24) is 4.90 Å². The molecule has 1 N–H and O–H groups in total. The van der Waals surface area contributed by atoms with Gasteiger partial charge in [0.05, 0.1) is 19.2 Å². The summed E-state index contributed by atoms with van der Waals surface area (Å²) < 4.78 is 31.3. The molecule has 118 valence electrons. The molecule has 2 atom stereocenters. The highest BCUT2D eigenvalue weighted by Crippen LogP contribution is 2.37. The summed E-state index contributed by atoms with van der Waals surface area (Å²) in [5.74, 6) is -2.10. The van der Waals surface area contributed by atoms with Gasteiger partial charge in [-0.2, -0.15) is 0 Å². The molecule has 1 aromatic rings. The van der Waals surface area contributed by atoms with Crippen molar-refractivity contribution in [2.24, 2.45) is 0 Å². The van der Waals surface area contributed by atoms with Crippen molar-refractivity contribution >= 4 is 12.1 Å². The second-order valence-corrected chi connectivity index (χ2v) is 4.90. The predicted octanol–water partition coefficient (Wildman–Crippen LogP) is 2.88. The molecule has 0 aliphatic carbocycles. The van der Waals surface area contributed by atoms with E-state index in [4.69, 9.17) is 0 Å². The van der Waals surface area contributed by atoms with E-state index < -0.39 is 35.8 Å². The molecule has 1 aliphatic heterocycles. The fourth-order valence-electron chi connectivity index (χ4n) is 2.64. The van der Waals surface area contributed by atoms with Gasteiger partial charge in [0.25, 0.3) is 0 Å². The van der Waals surface area contributed by atoms with Gasteiger partial charge in [0.2, 0.25) is 0 Å². The van der Waals surface area contributed by atoms with Crippen LogP contribution in [-0.2, 0) is 9.53 Å². The Balaban J connectivity index is 2.28. The number of rotatable bonds is 3. The Bertz CT molecular complexity index is 618. The average molecular weight is 311 g/mol. The number of halogens is 2. The van der Waals surface area contributed by atoms with Gasteiger partial charge >= 0.3 is 12.1 Å². The number of likely N-dealkylation sites (tertiary alicyclic amines) is 1. The number of hydrogen-bond acceptors (Lipinski definition) is 3. The van der Waals surface area contributed by atoms with Crippen molar-refractivity contribution in [1.29, 1.82) is 0 Å². The first-order chi connectivity index (χ1) is 10.4. The largest absolute Gasteiger partial charge is 0.466 e. The van der Waals surface area contributed by atoms with Crippen molar-refractivity contribution in [3.05, 3.63) is 47.5 Å². The summed E-state index contributed by atoms with van der Waals surface area (Å²) in [5.41, 5.74) is 0.123. The van der Waals surface area contributed by atoms with Gasteiger partial charge in [-0.05, 0) is 18.9 Å². The standard InChI is InChI=1S/C15H15F2NO4/c1-22-14(19)7-4-10-3-6-13(18(10)15(20)21)11-5-2-9(16)8-12(11)17/h2,4-5,7-8,10,13H,3,6H2,1H3,(H,20,21)/b7-4+/t10-,13+/m1/s1. The van der Waals surface area contributed by atoms with Gasteiger partial charge in [-0.1, -0.05) is 12.1 Å². The predicted molar refractivity (Wildman–Crippen MR) is 73.1 cm³/mol. The third-order valence-corrected chi connectivity index (χ3v) is 3.63. The number of carboxylic acid groups (broad SMARTS) is 1. The molecule has 0 aromatic heterocycles. The summed E-state index contributed by atoms with van der Waals surface area (Å²) in [5, 5.41) is 9.36. The summed E-state index contributed by atoms with van der Waals surface area (Å²) in [7, 11) is 1.22. The van der Waals surface area contributed by atoms with Gasteiger partial charge in [-0.25, -0.2) is 18.4 Å². The van der Waals surface area contributed by atoms with Crippen LogP contribution in [0.2, 0.25) is 0 Å². The molecule has 1 heterocycles. The number of amides is 1. The van der Waals surface area contributed by atoms with E-state index >= 15 is 0 Å². The Morgan fingerprint density at radius 1 is 1.36 bits per heavy atom. The molecule has 22 heavy (non-hydrogen) atoms. The van der Waals surface area contributed by atoms with Gasteiger partial charge < -0.3 is 9.84 Å². The van der Waals surface area contributed by atoms with Crippen LogP contribution >= 0.6 is 0 Å². The molecule has 1 saturated heterocycles. The Labute approximate surface area is 125 Å². The molecule has 5 nitrogen and oxygen atoms in total. The number of benzene rings is 1. The van der Waals surface area contributed by atoms with Crippen molar-refractivity contribution in [3.8, 4) is 0 Å².